The molecule has 0 aliphatic carbocycles. The van der Waals surface area contributed by atoms with E-state index in [2.05, 4.69) is 11.4 Å². The Bertz CT molecular complexity index is 896. The molecule has 30 heavy (non-hydrogen) atoms. The maximum Gasteiger partial charge on any atom is 0.243 e. The lowest BCUT2D eigenvalue weighted by Crippen LogP contribution is -2.51. The molecule has 1 atom stereocenters. The monoisotopic (exact) mass is 428 g/mol. The molecule has 162 valence electrons. The molecule has 1 aliphatic rings. The predicted octanol–water partition coefficient (Wildman–Crippen LogP) is 4.51. The van der Waals surface area contributed by atoms with Crippen molar-refractivity contribution in [1.82, 2.24) is 9.80 Å². The highest BCUT2D eigenvalue weighted by Crippen LogP contribution is 2.38. The lowest BCUT2D eigenvalue weighted by Gasteiger charge is -2.39. The first-order valence-corrected chi connectivity index (χ1v) is 11.3. The van der Waals surface area contributed by atoms with E-state index in [0.717, 1.165) is 17.7 Å². The molecular formula is C24H32N2O3S. The Morgan fingerprint density at radius 3 is 2.43 bits per heavy atom. The molecule has 0 bridgehead atoms. The lowest BCUT2D eigenvalue weighted by atomic mass is 9.92. The second kappa shape index (κ2) is 8.80. The summed E-state index contributed by atoms with van der Waals surface area (Å²) in [6.07, 6.45) is 0.848. The van der Waals surface area contributed by atoms with Crippen molar-refractivity contribution in [3.05, 3.63) is 51.7 Å². The smallest absolute Gasteiger partial charge is 0.243 e. The summed E-state index contributed by atoms with van der Waals surface area (Å²) in [6, 6.07) is 9.85. The minimum Gasteiger partial charge on any atom is -0.497 e. The number of benzene rings is 1. The first kappa shape index (κ1) is 22.3. The molecule has 1 aromatic carbocycles. The summed E-state index contributed by atoms with van der Waals surface area (Å²) in [6.45, 7) is 10.4. The fourth-order valence-corrected chi connectivity index (χ4v) is 4.79. The van der Waals surface area contributed by atoms with Crippen molar-refractivity contribution in [2.45, 2.75) is 53.1 Å². The Labute approximate surface area is 183 Å². The van der Waals surface area contributed by atoms with Gasteiger partial charge in [0.2, 0.25) is 11.8 Å². The van der Waals surface area contributed by atoms with Crippen LogP contribution in [0.25, 0.3) is 0 Å². The van der Waals surface area contributed by atoms with Crippen LogP contribution in [0.1, 0.15) is 56.7 Å². The number of nitrogens with zero attached hydrogens (tertiary/aromatic N) is 2. The fourth-order valence-electron chi connectivity index (χ4n) is 3.89. The van der Waals surface area contributed by atoms with Crippen LogP contribution in [0.4, 0.5) is 0 Å². The number of hydrogen-bond acceptors (Lipinski definition) is 4. The molecule has 1 aromatic heterocycles. The summed E-state index contributed by atoms with van der Waals surface area (Å²) >= 11 is 1.75. The quantitative estimate of drug-likeness (QED) is 0.704. The molecule has 0 fully saturated rings. The zero-order chi connectivity index (χ0) is 22.1. The van der Waals surface area contributed by atoms with Gasteiger partial charge in [-0.25, -0.2) is 0 Å². The van der Waals surface area contributed by atoms with E-state index in [-0.39, 0.29) is 30.4 Å². The van der Waals surface area contributed by atoms with E-state index in [1.54, 1.807) is 23.3 Å². The summed E-state index contributed by atoms with van der Waals surface area (Å²) in [4.78, 5) is 31.4. The second-order valence-corrected chi connectivity index (χ2v) is 10.1. The van der Waals surface area contributed by atoms with Crippen LogP contribution in [-0.4, -0.2) is 47.9 Å². The van der Waals surface area contributed by atoms with Gasteiger partial charge in [-0.15, -0.1) is 11.3 Å². The van der Waals surface area contributed by atoms with Gasteiger partial charge >= 0.3 is 0 Å². The third-order valence-corrected chi connectivity index (χ3v) is 6.55. The maximum absolute atomic E-state index is 13.5. The van der Waals surface area contributed by atoms with E-state index in [9.17, 15) is 9.59 Å². The Morgan fingerprint density at radius 2 is 1.87 bits per heavy atom. The average Bonchev–Trinajstić information content (AvgIpc) is 3.18. The first-order chi connectivity index (χ1) is 14.1. The molecule has 0 spiro atoms. The predicted molar refractivity (Wildman–Crippen MR) is 121 cm³/mol. The Kier molecular flexibility index (Phi) is 6.56. The van der Waals surface area contributed by atoms with Crippen molar-refractivity contribution in [3.8, 4) is 5.75 Å². The van der Waals surface area contributed by atoms with E-state index < -0.39 is 5.41 Å². The Balaban J connectivity index is 1.92. The summed E-state index contributed by atoms with van der Waals surface area (Å²) in [7, 11) is 1.65. The summed E-state index contributed by atoms with van der Waals surface area (Å²) in [5, 5.41) is 2.10. The van der Waals surface area contributed by atoms with E-state index in [1.807, 2.05) is 63.8 Å². The third kappa shape index (κ3) is 4.53. The number of amides is 2. The molecule has 6 heteroatoms. The average molecular weight is 429 g/mol. The van der Waals surface area contributed by atoms with Gasteiger partial charge in [0, 0.05) is 22.9 Å². The van der Waals surface area contributed by atoms with Crippen molar-refractivity contribution in [1.29, 1.82) is 0 Å². The van der Waals surface area contributed by atoms with Crippen LogP contribution >= 0.6 is 11.3 Å². The summed E-state index contributed by atoms with van der Waals surface area (Å²) in [5.74, 6) is 0.777. The number of thiophene rings is 1. The number of carbonyl (C=O) groups is 2. The highest BCUT2D eigenvalue weighted by atomic mass is 32.1. The third-order valence-electron chi connectivity index (χ3n) is 5.55. The zero-order valence-electron chi connectivity index (χ0n) is 18.8. The molecule has 0 saturated carbocycles. The summed E-state index contributed by atoms with van der Waals surface area (Å²) in [5.41, 5.74) is 1.72. The first-order valence-electron chi connectivity index (χ1n) is 10.4. The minimum atomic E-state index is -0.525. The molecular weight excluding hydrogens is 396 g/mol. The van der Waals surface area contributed by atoms with Gasteiger partial charge in [0.25, 0.3) is 0 Å². The molecule has 2 aromatic rings. The van der Waals surface area contributed by atoms with Crippen molar-refractivity contribution < 1.29 is 14.3 Å². The highest BCUT2D eigenvalue weighted by Gasteiger charge is 2.36. The molecule has 3 rings (SSSR count). The van der Waals surface area contributed by atoms with Crippen LogP contribution in [0.15, 0.2) is 35.7 Å². The number of methoxy groups -OCH3 is 1. The van der Waals surface area contributed by atoms with Crippen LogP contribution in [0.2, 0.25) is 0 Å². The maximum atomic E-state index is 13.5. The lowest BCUT2D eigenvalue weighted by molar-refractivity contribution is -0.148. The largest absolute Gasteiger partial charge is 0.497 e. The molecule has 0 N–H and O–H groups in total. The number of hydrogen-bond donors (Lipinski definition) is 0. The standard InChI is InChI=1S/C24H32N2O3S/c1-16(2)26(23(28)24(3,4)5)15-21(27)25-13-11-20-19(12-14-30-20)22(25)17-7-9-18(29-6)10-8-17/h7-10,12,14,16,22H,11,13,15H2,1-6H3/t22-/m0/s1. The van der Waals surface area contributed by atoms with Gasteiger partial charge in [0.1, 0.15) is 12.3 Å². The second-order valence-electron chi connectivity index (χ2n) is 9.09. The van der Waals surface area contributed by atoms with Crippen molar-refractivity contribution in [3.63, 3.8) is 0 Å². The number of rotatable bonds is 5. The Morgan fingerprint density at radius 1 is 1.20 bits per heavy atom. The number of carbonyl (C=O) groups excluding carboxylic acids is 2. The highest BCUT2D eigenvalue weighted by molar-refractivity contribution is 7.10. The number of fused-ring (bicyclic) bond motifs is 1. The van der Waals surface area contributed by atoms with Crippen molar-refractivity contribution in [2.24, 2.45) is 5.41 Å². The summed E-state index contributed by atoms with van der Waals surface area (Å²) < 4.78 is 5.30. The van der Waals surface area contributed by atoms with Gasteiger partial charge in [-0.3, -0.25) is 9.59 Å². The minimum absolute atomic E-state index is 0.0000734. The van der Waals surface area contributed by atoms with Gasteiger partial charge in [0.15, 0.2) is 0 Å². The molecule has 0 saturated heterocycles. The van der Waals surface area contributed by atoms with Gasteiger partial charge in [-0.1, -0.05) is 32.9 Å². The zero-order valence-corrected chi connectivity index (χ0v) is 19.6. The topological polar surface area (TPSA) is 49.9 Å². The molecule has 5 nitrogen and oxygen atoms in total. The normalized spacial score (nSPS) is 16.4. The van der Waals surface area contributed by atoms with Crippen LogP contribution in [0.3, 0.4) is 0 Å². The van der Waals surface area contributed by atoms with E-state index in [0.29, 0.717) is 6.54 Å². The van der Waals surface area contributed by atoms with Crippen molar-refractivity contribution >= 4 is 23.2 Å². The van der Waals surface area contributed by atoms with E-state index >= 15 is 0 Å². The van der Waals surface area contributed by atoms with Crippen molar-refractivity contribution in [2.75, 3.05) is 20.2 Å². The van der Waals surface area contributed by atoms with Crippen LogP contribution < -0.4 is 4.74 Å². The molecule has 0 radical (unpaired) electrons. The molecule has 0 unspecified atom stereocenters. The Hall–Kier alpha value is -2.34. The van der Waals surface area contributed by atoms with E-state index in [1.165, 1.54) is 10.4 Å². The van der Waals surface area contributed by atoms with Gasteiger partial charge in [0.05, 0.1) is 13.2 Å². The SMILES string of the molecule is COc1ccc([C@H]2c3ccsc3CCN2C(=O)CN(C(=O)C(C)(C)C)C(C)C)cc1. The van der Waals surface area contributed by atoms with Crippen LogP contribution in [-0.2, 0) is 16.0 Å². The molecule has 2 heterocycles. The van der Waals surface area contributed by atoms with Crippen LogP contribution in [0, 0.1) is 5.41 Å². The van der Waals surface area contributed by atoms with Gasteiger partial charge in [-0.05, 0) is 55.0 Å². The molecule has 1 aliphatic heterocycles. The van der Waals surface area contributed by atoms with Gasteiger partial charge in [-0.2, -0.15) is 0 Å². The molecule has 2 amide bonds. The number of ether oxygens (including phenoxy) is 1. The van der Waals surface area contributed by atoms with E-state index in [4.69, 9.17) is 4.74 Å². The fraction of sp³-hybridized carbons (Fsp3) is 0.500. The van der Waals surface area contributed by atoms with Crippen LogP contribution in [0.5, 0.6) is 5.75 Å². The van der Waals surface area contributed by atoms with Gasteiger partial charge < -0.3 is 14.5 Å².